The maximum absolute atomic E-state index is 12.3. The third-order valence-electron chi connectivity index (χ3n) is 3.53. The van der Waals surface area contributed by atoms with Gasteiger partial charge in [0.1, 0.15) is 5.01 Å². The van der Waals surface area contributed by atoms with Crippen LogP contribution in [0.15, 0.2) is 11.6 Å². The van der Waals surface area contributed by atoms with E-state index in [-0.39, 0.29) is 12.1 Å². The number of ether oxygens (including phenoxy) is 1. The molecule has 1 aliphatic heterocycles. The molecule has 2 unspecified atom stereocenters. The van der Waals surface area contributed by atoms with Crippen molar-refractivity contribution in [1.29, 1.82) is 0 Å². The van der Waals surface area contributed by atoms with Crippen LogP contribution in [0, 0.1) is 5.92 Å². The third kappa shape index (κ3) is 4.18. The highest BCUT2D eigenvalue weighted by atomic mass is 32.1. The van der Waals surface area contributed by atoms with E-state index in [1.165, 1.54) is 0 Å². The zero-order valence-electron chi connectivity index (χ0n) is 12.2. The van der Waals surface area contributed by atoms with Crippen LogP contribution in [0.5, 0.6) is 0 Å². The number of likely N-dealkylation sites (tertiary alicyclic amines) is 1. The van der Waals surface area contributed by atoms with Gasteiger partial charge in [-0.2, -0.15) is 0 Å². The van der Waals surface area contributed by atoms with Gasteiger partial charge < -0.3 is 15.0 Å². The second kappa shape index (κ2) is 7.59. The lowest BCUT2D eigenvalue weighted by Gasteiger charge is -2.33. The predicted octanol–water partition coefficient (Wildman–Crippen LogP) is 2.66. The largest absolute Gasteiger partial charge is 0.381 e. The molecule has 2 amide bonds. The van der Waals surface area contributed by atoms with Crippen LogP contribution in [0.25, 0.3) is 0 Å². The number of carbonyl (C=O) groups excluding carboxylic acids is 1. The average Bonchev–Trinajstić information content (AvgIpc) is 2.99. The van der Waals surface area contributed by atoms with E-state index in [1.807, 2.05) is 24.1 Å². The zero-order chi connectivity index (χ0) is 14.4. The number of urea groups is 1. The van der Waals surface area contributed by atoms with Crippen LogP contribution in [0.3, 0.4) is 0 Å². The quantitative estimate of drug-likeness (QED) is 0.909. The van der Waals surface area contributed by atoms with Crippen LogP contribution >= 0.6 is 11.3 Å². The Balaban J connectivity index is 1.82. The molecule has 0 saturated carbocycles. The van der Waals surface area contributed by atoms with Crippen LogP contribution in [0.2, 0.25) is 0 Å². The Morgan fingerprint density at radius 3 is 3.25 bits per heavy atom. The van der Waals surface area contributed by atoms with E-state index in [4.69, 9.17) is 4.74 Å². The maximum atomic E-state index is 12.3. The first-order valence-electron chi connectivity index (χ1n) is 7.23. The number of rotatable bonds is 5. The van der Waals surface area contributed by atoms with E-state index in [0.717, 1.165) is 44.2 Å². The van der Waals surface area contributed by atoms with E-state index in [0.29, 0.717) is 5.92 Å². The smallest absolute Gasteiger partial charge is 0.317 e. The van der Waals surface area contributed by atoms with Gasteiger partial charge in [0.2, 0.25) is 0 Å². The Kier molecular flexibility index (Phi) is 5.79. The molecular formula is C14H23N3O2S. The van der Waals surface area contributed by atoms with Crippen molar-refractivity contribution in [2.75, 3.05) is 26.3 Å². The van der Waals surface area contributed by atoms with Gasteiger partial charge in [-0.1, -0.05) is 0 Å². The number of nitrogens with one attached hydrogen (secondary N) is 1. The predicted molar refractivity (Wildman–Crippen MR) is 79.9 cm³/mol. The summed E-state index contributed by atoms with van der Waals surface area (Å²) >= 11 is 1.57. The first-order valence-corrected chi connectivity index (χ1v) is 8.11. The molecule has 1 N–H and O–H groups in total. The second-order valence-electron chi connectivity index (χ2n) is 5.16. The van der Waals surface area contributed by atoms with Gasteiger partial charge in [-0.3, -0.25) is 0 Å². The first kappa shape index (κ1) is 15.3. The summed E-state index contributed by atoms with van der Waals surface area (Å²) in [6.07, 6.45) is 3.96. The Hall–Kier alpha value is -1.14. The molecule has 0 aliphatic carbocycles. The molecule has 2 rings (SSSR count). The van der Waals surface area contributed by atoms with Crippen molar-refractivity contribution in [2.45, 2.75) is 32.7 Å². The van der Waals surface area contributed by atoms with Gasteiger partial charge in [-0.05, 0) is 26.7 Å². The van der Waals surface area contributed by atoms with E-state index in [9.17, 15) is 4.79 Å². The van der Waals surface area contributed by atoms with Crippen molar-refractivity contribution < 1.29 is 9.53 Å². The van der Waals surface area contributed by atoms with Crippen molar-refractivity contribution in [2.24, 2.45) is 5.92 Å². The summed E-state index contributed by atoms with van der Waals surface area (Å²) in [5.41, 5.74) is 0. The lowest BCUT2D eigenvalue weighted by atomic mass is 9.99. The Labute approximate surface area is 124 Å². The highest BCUT2D eigenvalue weighted by Gasteiger charge is 2.25. The Bertz CT molecular complexity index is 411. The van der Waals surface area contributed by atoms with E-state index >= 15 is 0 Å². The Morgan fingerprint density at radius 2 is 2.55 bits per heavy atom. The monoisotopic (exact) mass is 297 g/mol. The van der Waals surface area contributed by atoms with Crippen LogP contribution in [0.1, 0.15) is 37.7 Å². The summed E-state index contributed by atoms with van der Waals surface area (Å²) in [5.74, 6) is 0.463. The fraction of sp³-hybridized carbons (Fsp3) is 0.714. The van der Waals surface area contributed by atoms with Gasteiger partial charge in [0.15, 0.2) is 0 Å². The summed E-state index contributed by atoms with van der Waals surface area (Å²) in [6, 6.07) is -0.0244. The van der Waals surface area contributed by atoms with Crippen molar-refractivity contribution in [3.63, 3.8) is 0 Å². The Morgan fingerprint density at radius 1 is 1.70 bits per heavy atom. The van der Waals surface area contributed by atoms with Crippen LogP contribution in [-0.2, 0) is 4.74 Å². The minimum Gasteiger partial charge on any atom is -0.381 e. The number of thiazole rings is 1. The van der Waals surface area contributed by atoms with Crippen LogP contribution < -0.4 is 5.32 Å². The molecule has 0 spiro atoms. The van der Waals surface area contributed by atoms with E-state index in [2.05, 4.69) is 10.3 Å². The fourth-order valence-electron chi connectivity index (χ4n) is 2.46. The number of aromatic nitrogens is 1. The topological polar surface area (TPSA) is 54.5 Å². The molecule has 1 aromatic heterocycles. The van der Waals surface area contributed by atoms with Gasteiger partial charge in [0, 0.05) is 37.2 Å². The lowest BCUT2D eigenvalue weighted by molar-refractivity contribution is 0.0752. The summed E-state index contributed by atoms with van der Waals surface area (Å²) < 4.78 is 5.47. The standard InChI is InChI=1S/C14H23N3O2S/c1-3-19-10-12-5-4-7-17(9-12)14(18)16-11(2)13-15-6-8-20-13/h6,8,11-12H,3-5,7,9-10H2,1-2H3,(H,16,18). The first-order chi connectivity index (χ1) is 9.70. The van der Waals surface area contributed by atoms with Crippen molar-refractivity contribution >= 4 is 17.4 Å². The molecule has 1 fully saturated rings. The molecule has 2 heterocycles. The van der Waals surface area contributed by atoms with Gasteiger partial charge in [-0.25, -0.2) is 9.78 Å². The SMILES string of the molecule is CCOCC1CCCN(C(=O)NC(C)c2nccs2)C1. The molecule has 20 heavy (non-hydrogen) atoms. The minimum absolute atomic E-state index is 0.00824. The van der Waals surface area contributed by atoms with Gasteiger partial charge in [-0.15, -0.1) is 11.3 Å². The molecule has 2 atom stereocenters. The summed E-state index contributed by atoms with van der Waals surface area (Å²) in [5, 5.41) is 5.90. The summed E-state index contributed by atoms with van der Waals surface area (Å²) in [6.45, 7) is 7.09. The van der Waals surface area contributed by atoms with Crippen molar-refractivity contribution in [3.05, 3.63) is 16.6 Å². The molecule has 5 nitrogen and oxygen atoms in total. The molecule has 1 aromatic rings. The third-order valence-corrected chi connectivity index (χ3v) is 4.48. The normalized spacial score (nSPS) is 20.7. The molecule has 112 valence electrons. The minimum atomic E-state index is -0.0326. The molecule has 0 bridgehead atoms. The maximum Gasteiger partial charge on any atom is 0.317 e. The number of nitrogens with zero attached hydrogens (tertiary/aromatic N) is 2. The molecule has 0 aromatic carbocycles. The molecule has 6 heteroatoms. The molecular weight excluding hydrogens is 274 g/mol. The molecule has 1 aliphatic rings. The van der Waals surface area contributed by atoms with Gasteiger partial charge in [0.05, 0.1) is 12.6 Å². The van der Waals surface area contributed by atoms with Gasteiger partial charge in [0.25, 0.3) is 0 Å². The van der Waals surface area contributed by atoms with E-state index in [1.54, 1.807) is 17.5 Å². The number of hydrogen-bond acceptors (Lipinski definition) is 4. The number of piperidine rings is 1. The number of carbonyl (C=O) groups is 1. The highest BCUT2D eigenvalue weighted by molar-refractivity contribution is 7.09. The van der Waals surface area contributed by atoms with Crippen LogP contribution in [0.4, 0.5) is 4.79 Å². The fourth-order valence-corrected chi connectivity index (χ4v) is 3.10. The van der Waals surface area contributed by atoms with Crippen LogP contribution in [-0.4, -0.2) is 42.2 Å². The highest BCUT2D eigenvalue weighted by Crippen LogP contribution is 2.19. The van der Waals surface area contributed by atoms with Crippen molar-refractivity contribution in [1.82, 2.24) is 15.2 Å². The zero-order valence-corrected chi connectivity index (χ0v) is 13.0. The number of hydrogen-bond donors (Lipinski definition) is 1. The lowest BCUT2D eigenvalue weighted by Crippen LogP contribution is -2.46. The molecule has 1 saturated heterocycles. The second-order valence-corrected chi connectivity index (χ2v) is 6.08. The number of amides is 2. The summed E-state index contributed by atoms with van der Waals surface area (Å²) in [4.78, 5) is 18.4. The van der Waals surface area contributed by atoms with E-state index < -0.39 is 0 Å². The van der Waals surface area contributed by atoms with Crippen molar-refractivity contribution in [3.8, 4) is 0 Å². The van der Waals surface area contributed by atoms with Gasteiger partial charge >= 0.3 is 6.03 Å². The molecule has 0 radical (unpaired) electrons. The summed E-state index contributed by atoms with van der Waals surface area (Å²) in [7, 11) is 0. The average molecular weight is 297 g/mol.